The minimum atomic E-state index is -0.322. The van der Waals surface area contributed by atoms with Crippen LogP contribution >= 0.6 is 0 Å². The van der Waals surface area contributed by atoms with Crippen molar-refractivity contribution in [1.29, 1.82) is 0 Å². The normalized spacial score (nSPS) is 25.8. The molecule has 0 saturated heterocycles. The van der Waals surface area contributed by atoms with Crippen LogP contribution in [0.4, 0.5) is 0 Å². The highest BCUT2D eigenvalue weighted by molar-refractivity contribution is 5.37. The summed E-state index contributed by atoms with van der Waals surface area (Å²) in [6.07, 6.45) is 4.53. The fourth-order valence-electron chi connectivity index (χ4n) is 3.13. The molecule has 1 aromatic rings. The van der Waals surface area contributed by atoms with Crippen molar-refractivity contribution in [3.05, 3.63) is 29.3 Å². The number of rotatable bonds is 3. The molecule has 0 aromatic heterocycles. The molecule has 1 aromatic carbocycles. The first-order valence-corrected chi connectivity index (χ1v) is 6.94. The predicted octanol–water partition coefficient (Wildman–Crippen LogP) is 3.86. The average molecular weight is 248 g/mol. The Morgan fingerprint density at radius 1 is 1.33 bits per heavy atom. The van der Waals surface area contributed by atoms with Gasteiger partial charge >= 0.3 is 0 Å². The minimum absolute atomic E-state index is 0.322. The zero-order valence-electron chi connectivity index (χ0n) is 11.6. The molecule has 0 amide bonds. The van der Waals surface area contributed by atoms with Crippen LogP contribution in [0.1, 0.15) is 49.8 Å². The standard InChI is InChI=1S/C16H24O2/c1-11-5-4-6-13(9-11)16(17)14-7-8-15(18-3)12(2)10-14/h7-8,10-11,13,16-17H,4-6,9H2,1-3H3. The van der Waals surface area contributed by atoms with Gasteiger partial charge in [0, 0.05) is 0 Å². The first-order valence-electron chi connectivity index (χ1n) is 6.94. The number of ether oxygens (including phenoxy) is 1. The molecule has 2 heteroatoms. The largest absolute Gasteiger partial charge is 0.496 e. The molecule has 1 fully saturated rings. The molecule has 0 heterocycles. The van der Waals surface area contributed by atoms with E-state index in [1.54, 1.807) is 7.11 Å². The van der Waals surface area contributed by atoms with E-state index in [0.717, 1.165) is 35.6 Å². The van der Waals surface area contributed by atoms with Crippen molar-refractivity contribution < 1.29 is 9.84 Å². The molecular formula is C16H24O2. The molecule has 1 N–H and O–H groups in total. The third-order valence-corrected chi connectivity index (χ3v) is 4.18. The first kappa shape index (κ1) is 13.4. The first-order chi connectivity index (χ1) is 8.61. The van der Waals surface area contributed by atoms with Crippen LogP contribution < -0.4 is 4.74 Å². The Morgan fingerprint density at radius 3 is 2.72 bits per heavy atom. The molecule has 3 unspecified atom stereocenters. The van der Waals surface area contributed by atoms with Gasteiger partial charge in [0.1, 0.15) is 5.75 Å². The number of hydrogen-bond donors (Lipinski definition) is 1. The molecule has 0 aliphatic heterocycles. The van der Waals surface area contributed by atoms with Crippen LogP contribution in [0.5, 0.6) is 5.75 Å². The fraction of sp³-hybridized carbons (Fsp3) is 0.625. The maximum Gasteiger partial charge on any atom is 0.121 e. The van der Waals surface area contributed by atoms with E-state index >= 15 is 0 Å². The van der Waals surface area contributed by atoms with E-state index in [1.165, 1.54) is 12.8 Å². The molecule has 0 radical (unpaired) electrons. The van der Waals surface area contributed by atoms with E-state index in [4.69, 9.17) is 4.74 Å². The van der Waals surface area contributed by atoms with Crippen LogP contribution in [0.15, 0.2) is 18.2 Å². The lowest BCUT2D eigenvalue weighted by Gasteiger charge is -2.30. The third kappa shape index (κ3) is 2.86. The van der Waals surface area contributed by atoms with Gasteiger partial charge in [-0.1, -0.05) is 25.8 Å². The highest BCUT2D eigenvalue weighted by Gasteiger charge is 2.26. The van der Waals surface area contributed by atoms with Gasteiger partial charge in [-0.05, 0) is 54.9 Å². The SMILES string of the molecule is COc1ccc(C(O)C2CCCC(C)C2)cc1C. The number of benzene rings is 1. The Kier molecular flexibility index (Phi) is 4.28. The van der Waals surface area contributed by atoms with E-state index in [-0.39, 0.29) is 6.10 Å². The van der Waals surface area contributed by atoms with Crippen molar-refractivity contribution in [3.8, 4) is 5.75 Å². The van der Waals surface area contributed by atoms with Crippen molar-refractivity contribution in [2.24, 2.45) is 11.8 Å². The predicted molar refractivity (Wildman–Crippen MR) is 73.8 cm³/mol. The topological polar surface area (TPSA) is 29.5 Å². The molecule has 18 heavy (non-hydrogen) atoms. The molecule has 100 valence electrons. The summed E-state index contributed by atoms with van der Waals surface area (Å²) in [6.45, 7) is 4.32. The maximum absolute atomic E-state index is 10.5. The highest BCUT2D eigenvalue weighted by Crippen LogP contribution is 2.37. The molecule has 2 rings (SSSR count). The fourth-order valence-corrected chi connectivity index (χ4v) is 3.13. The van der Waals surface area contributed by atoms with Crippen LogP contribution in [0, 0.1) is 18.8 Å². The quantitative estimate of drug-likeness (QED) is 0.880. The van der Waals surface area contributed by atoms with Crippen molar-refractivity contribution >= 4 is 0 Å². The summed E-state index contributed by atoms with van der Waals surface area (Å²) in [5.74, 6) is 2.06. The number of methoxy groups -OCH3 is 1. The summed E-state index contributed by atoms with van der Waals surface area (Å²) in [6, 6.07) is 6.01. The third-order valence-electron chi connectivity index (χ3n) is 4.18. The van der Waals surface area contributed by atoms with Gasteiger partial charge in [-0.3, -0.25) is 0 Å². The molecule has 3 atom stereocenters. The van der Waals surface area contributed by atoms with E-state index in [9.17, 15) is 5.11 Å². The summed E-state index contributed by atoms with van der Waals surface area (Å²) >= 11 is 0. The Bertz CT molecular complexity index is 400. The van der Waals surface area contributed by atoms with Crippen molar-refractivity contribution in [2.45, 2.75) is 45.6 Å². The second-order valence-electron chi connectivity index (χ2n) is 5.71. The van der Waals surface area contributed by atoms with Crippen LogP contribution in [0.2, 0.25) is 0 Å². The Labute approximate surface area is 110 Å². The Balaban J connectivity index is 2.12. The summed E-state index contributed by atoms with van der Waals surface area (Å²) in [5, 5.41) is 10.5. The molecule has 1 saturated carbocycles. The van der Waals surface area contributed by atoms with E-state index in [1.807, 2.05) is 19.1 Å². The van der Waals surface area contributed by atoms with Crippen LogP contribution in [-0.2, 0) is 0 Å². The van der Waals surface area contributed by atoms with Gasteiger partial charge in [0.15, 0.2) is 0 Å². The number of aryl methyl sites for hydroxylation is 1. The summed E-state index contributed by atoms with van der Waals surface area (Å²) < 4.78 is 5.26. The van der Waals surface area contributed by atoms with Gasteiger partial charge in [0.2, 0.25) is 0 Å². The van der Waals surface area contributed by atoms with Crippen molar-refractivity contribution in [3.63, 3.8) is 0 Å². The lowest BCUT2D eigenvalue weighted by atomic mass is 9.78. The molecule has 1 aliphatic carbocycles. The molecule has 1 aliphatic rings. The second kappa shape index (κ2) is 5.75. The van der Waals surface area contributed by atoms with Gasteiger partial charge in [0.25, 0.3) is 0 Å². The summed E-state index contributed by atoms with van der Waals surface area (Å²) in [5.41, 5.74) is 2.13. The molecular weight excluding hydrogens is 224 g/mol. The van der Waals surface area contributed by atoms with Crippen LogP contribution in [0.3, 0.4) is 0 Å². The van der Waals surface area contributed by atoms with Gasteiger partial charge in [-0.15, -0.1) is 0 Å². The molecule has 0 bridgehead atoms. The molecule has 2 nitrogen and oxygen atoms in total. The van der Waals surface area contributed by atoms with Crippen molar-refractivity contribution in [1.82, 2.24) is 0 Å². The molecule has 0 spiro atoms. The zero-order valence-corrected chi connectivity index (χ0v) is 11.6. The van der Waals surface area contributed by atoms with Gasteiger partial charge in [-0.2, -0.15) is 0 Å². The van der Waals surface area contributed by atoms with E-state index in [0.29, 0.717) is 5.92 Å². The van der Waals surface area contributed by atoms with Gasteiger partial charge in [-0.25, -0.2) is 0 Å². The lowest BCUT2D eigenvalue weighted by molar-refractivity contribution is 0.0713. The Hall–Kier alpha value is -1.02. The average Bonchev–Trinajstić information content (AvgIpc) is 2.37. The number of aliphatic hydroxyl groups excluding tert-OH is 1. The second-order valence-corrected chi connectivity index (χ2v) is 5.71. The smallest absolute Gasteiger partial charge is 0.121 e. The van der Waals surface area contributed by atoms with Gasteiger partial charge in [0.05, 0.1) is 13.2 Å². The van der Waals surface area contributed by atoms with Crippen LogP contribution in [-0.4, -0.2) is 12.2 Å². The number of aliphatic hydroxyl groups is 1. The number of hydrogen-bond acceptors (Lipinski definition) is 2. The van der Waals surface area contributed by atoms with E-state index in [2.05, 4.69) is 13.0 Å². The maximum atomic E-state index is 10.5. The zero-order chi connectivity index (χ0) is 13.1. The lowest BCUT2D eigenvalue weighted by Crippen LogP contribution is -2.20. The monoisotopic (exact) mass is 248 g/mol. The highest BCUT2D eigenvalue weighted by atomic mass is 16.5. The van der Waals surface area contributed by atoms with Crippen LogP contribution in [0.25, 0.3) is 0 Å². The van der Waals surface area contributed by atoms with Gasteiger partial charge < -0.3 is 9.84 Å². The Morgan fingerprint density at radius 2 is 2.11 bits per heavy atom. The minimum Gasteiger partial charge on any atom is -0.496 e. The van der Waals surface area contributed by atoms with E-state index < -0.39 is 0 Å². The summed E-state index contributed by atoms with van der Waals surface area (Å²) in [4.78, 5) is 0. The van der Waals surface area contributed by atoms with Crippen molar-refractivity contribution in [2.75, 3.05) is 7.11 Å². The summed E-state index contributed by atoms with van der Waals surface area (Å²) in [7, 11) is 1.68.